The minimum absolute atomic E-state index is 0.0493. The average Bonchev–Trinajstić information content (AvgIpc) is 4.03. The summed E-state index contributed by atoms with van der Waals surface area (Å²) in [6, 6.07) is 25.9. The Labute approximate surface area is 273 Å². The molecule has 2 heterocycles. The van der Waals surface area contributed by atoms with Crippen LogP contribution in [0.15, 0.2) is 84.9 Å². The number of carbonyl (C=O) groups excluding carboxylic acids is 1. The highest BCUT2D eigenvalue weighted by Crippen LogP contribution is 2.50. The minimum Gasteiger partial charge on any atom is -0.468 e. The maximum Gasteiger partial charge on any atom is 0.343 e. The summed E-state index contributed by atoms with van der Waals surface area (Å²) in [7, 11) is 0. The first-order valence-corrected chi connectivity index (χ1v) is 15.5. The molecule has 0 aromatic heterocycles. The van der Waals surface area contributed by atoms with Crippen LogP contribution < -0.4 is 23.7 Å². The zero-order chi connectivity index (χ0) is 32.2. The third-order valence-corrected chi connectivity index (χ3v) is 8.22. The lowest BCUT2D eigenvalue weighted by Gasteiger charge is -2.22. The summed E-state index contributed by atoms with van der Waals surface area (Å²) in [5.74, 6) is 2.69. The van der Waals surface area contributed by atoms with Crippen molar-refractivity contribution in [1.82, 2.24) is 0 Å². The smallest absolute Gasteiger partial charge is 0.343 e. The van der Waals surface area contributed by atoms with Gasteiger partial charge in [0.15, 0.2) is 13.6 Å². The zero-order valence-corrected chi connectivity index (χ0v) is 26.3. The van der Waals surface area contributed by atoms with Crippen molar-refractivity contribution in [2.24, 2.45) is 0 Å². The van der Waals surface area contributed by atoms with E-state index >= 15 is 0 Å². The van der Waals surface area contributed by atoms with Crippen LogP contribution in [0.3, 0.4) is 0 Å². The number of rotatable bonds is 16. The van der Waals surface area contributed by atoms with Crippen molar-refractivity contribution < 1.29 is 47.4 Å². The van der Waals surface area contributed by atoms with E-state index in [1.807, 2.05) is 54.6 Å². The Morgan fingerprint density at radius 3 is 1.57 bits per heavy atom. The second-order valence-electron chi connectivity index (χ2n) is 12.0. The lowest BCUT2D eigenvalue weighted by atomic mass is 9.82. The first-order chi connectivity index (χ1) is 22.9. The maximum absolute atomic E-state index is 12.9. The van der Waals surface area contributed by atoms with Crippen LogP contribution in [0.1, 0.15) is 35.3 Å². The highest BCUT2D eigenvalue weighted by atomic mass is 16.7. The molecule has 0 radical (unpaired) electrons. The van der Waals surface area contributed by atoms with Crippen molar-refractivity contribution in [2.45, 2.75) is 31.5 Å². The van der Waals surface area contributed by atoms with E-state index < -0.39 is 5.97 Å². The van der Waals surface area contributed by atoms with E-state index in [1.54, 1.807) is 24.3 Å². The van der Waals surface area contributed by atoms with Crippen LogP contribution in [0, 0.1) is 0 Å². The van der Waals surface area contributed by atoms with E-state index in [9.17, 15) is 4.79 Å². The molecule has 2 unspecified atom stereocenters. The molecule has 0 saturated carbocycles. The fourth-order valence-corrected chi connectivity index (χ4v) is 5.41. The molecule has 0 amide bonds. The number of carbonyl (C=O) groups is 1. The van der Waals surface area contributed by atoms with Gasteiger partial charge in [-0.25, -0.2) is 4.79 Å². The number of ether oxygens (including phenoxy) is 9. The third-order valence-electron chi connectivity index (χ3n) is 8.22. The summed E-state index contributed by atoms with van der Waals surface area (Å²) in [4.78, 5) is 12.9. The Balaban J connectivity index is 0.917. The Kier molecular flexibility index (Phi) is 8.99. The Hall–Kier alpha value is -4.61. The van der Waals surface area contributed by atoms with E-state index in [-0.39, 0.29) is 38.0 Å². The molecule has 7 rings (SSSR count). The molecule has 47 heavy (non-hydrogen) atoms. The molecular weight excluding hydrogens is 604 g/mol. The first-order valence-electron chi connectivity index (χ1n) is 15.5. The van der Waals surface area contributed by atoms with E-state index in [2.05, 4.69) is 19.9 Å². The summed E-state index contributed by atoms with van der Waals surface area (Å²) in [6.07, 6.45) is 0.393. The quantitative estimate of drug-likeness (QED) is 0.0467. The molecule has 0 bridgehead atoms. The number of benzene rings is 4. The SMILES string of the molecule is CC1(C)c2cc(OCOc3ccc(OCOCC4CO4)cc3)ccc2-c2ccc(OC(=O)c3ccc(OCOCC4CO4)cc3)cc21. The van der Waals surface area contributed by atoms with Crippen LogP contribution in [-0.4, -0.2) is 65.0 Å². The van der Waals surface area contributed by atoms with Gasteiger partial charge in [-0.05, 0) is 95.1 Å². The maximum atomic E-state index is 12.9. The monoisotopic (exact) mass is 640 g/mol. The van der Waals surface area contributed by atoms with Gasteiger partial charge in [0.05, 0.1) is 32.0 Å². The molecule has 4 aromatic rings. The molecule has 4 aromatic carbocycles. The van der Waals surface area contributed by atoms with Gasteiger partial charge in [0, 0.05) is 5.41 Å². The third kappa shape index (κ3) is 7.69. The summed E-state index contributed by atoms with van der Waals surface area (Å²) >= 11 is 0. The molecule has 2 saturated heterocycles. The van der Waals surface area contributed by atoms with E-state index in [0.29, 0.717) is 47.5 Å². The first kappa shape index (κ1) is 31.0. The lowest BCUT2D eigenvalue weighted by Crippen LogP contribution is -2.16. The summed E-state index contributed by atoms with van der Waals surface area (Å²) in [6.45, 7) is 7.20. The van der Waals surface area contributed by atoms with Gasteiger partial charge in [-0.1, -0.05) is 26.0 Å². The predicted molar refractivity (Wildman–Crippen MR) is 170 cm³/mol. The summed E-state index contributed by atoms with van der Waals surface area (Å²) in [5, 5.41) is 0. The molecule has 0 spiro atoms. The van der Waals surface area contributed by atoms with Crippen molar-refractivity contribution >= 4 is 5.97 Å². The van der Waals surface area contributed by atoms with Gasteiger partial charge >= 0.3 is 5.97 Å². The van der Waals surface area contributed by atoms with Crippen molar-refractivity contribution in [3.05, 3.63) is 102 Å². The highest BCUT2D eigenvalue weighted by Gasteiger charge is 2.36. The second-order valence-corrected chi connectivity index (χ2v) is 12.0. The molecular formula is C37H36O10. The highest BCUT2D eigenvalue weighted by molar-refractivity contribution is 5.91. The normalized spacial score (nSPS) is 18.1. The molecule has 2 aliphatic heterocycles. The Morgan fingerprint density at radius 1 is 0.617 bits per heavy atom. The topological polar surface area (TPSA) is 107 Å². The summed E-state index contributed by atoms with van der Waals surface area (Å²) < 4.78 is 49.7. The van der Waals surface area contributed by atoms with Crippen molar-refractivity contribution in [3.8, 4) is 39.9 Å². The van der Waals surface area contributed by atoms with Gasteiger partial charge in [-0.3, -0.25) is 0 Å². The van der Waals surface area contributed by atoms with Gasteiger partial charge in [0.2, 0.25) is 6.79 Å². The molecule has 2 fully saturated rings. The predicted octanol–water partition coefficient (Wildman–Crippen LogP) is 6.13. The van der Waals surface area contributed by atoms with Gasteiger partial charge in [-0.15, -0.1) is 0 Å². The molecule has 244 valence electrons. The molecule has 10 heteroatoms. The van der Waals surface area contributed by atoms with Crippen LogP contribution in [0.2, 0.25) is 0 Å². The van der Waals surface area contributed by atoms with Crippen LogP contribution in [0.5, 0.6) is 28.7 Å². The number of esters is 1. The largest absolute Gasteiger partial charge is 0.468 e. The number of fused-ring (bicyclic) bond motifs is 3. The molecule has 3 aliphatic rings. The fraction of sp³-hybridized carbons (Fsp3) is 0.324. The van der Waals surface area contributed by atoms with Crippen molar-refractivity contribution in [2.75, 3.05) is 46.8 Å². The molecule has 2 atom stereocenters. The second kappa shape index (κ2) is 13.6. The van der Waals surface area contributed by atoms with Gasteiger partial charge in [0.1, 0.15) is 41.0 Å². The molecule has 0 N–H and O–H groups in total. The minimum atomic E-state index is -0.446. The fourth-order valence-electron chi connectivity index (χ4n) is 5.41. The molecule has 1 aliphatic carbocycles. The van der Waals surface area contributed by atoms with Crippen LogP contribution >= 0.6 is 0 Å². The van der Waals surface area contributed by atoms with Gasteiger partial charge in [0.25, 0.3) is 0 Å². The Morgan fingerprint density at radius 2 is 1.04 bits per heavy atom. The van der Waals surface area contributed by atoms with Crippen molar-refractivity contribution in [1.29, 1.82) is 0 Å². The standard InChI is InChI=1S/C37H36O10/c1-37(2)34-15-28(46-23-45-27-9-7-26(8-10-27)44-22-40-18-31-20-42-31)11-13-32(34)33-14-12-29(16-35(33)37)47-36(38)24-3-5-25(6-4-24)43-21-39-17-30-19-41-30/h3-16,30-31H,17-23H2,1-2H3. The summed E-state index contributed by atoms with van der Waals surface area (Å²) in [5.41, 5.74) is 4.48. The van der Waals surface area contributed by atoms with Crippen LogP contribution in [0.4, 0.5) is 0 Å². The number of epoxide rings is 2. The van der Waals surface area contributed by atoms with E-state index in [0.717, 1.165) is 35.5 Å². The van der Waals surface area contributed by atoms with Gasteiger partial charge < -0.3 is 42.6 Å². The van der Waals surface area contributed by atoms with Crippen LogP contribution in [0.25, 0.3) is 11.1 Å². The van der Waals surface area contributed by atoms with Crippen molar-refractivity contribution in [3.63, 3.8) is 0 Å². The van der Waals surface area contributed by atoms with E-state index in [4.69, 9.17) is 42.6 Å². The Bertz CT molecular complexity index is 1690. The zero-order valence-electron chi connectivity index (χ0n) is 26.3. The lowest BCUT2D eigenvalue weighted by molar-refractivity contribution is 0.00806. The molecule has 10 nitrogen and oxygen atoms in total. The average molecular weight is 641 g/mol. The van der Waals surface area contributed by atoms with Gasteiger partial charge in [-0.2, -0.15) is 0 Å². The number of hydrogen-bond acceptors (Lipinski definition) is 10. The number of hydrogen-bond donors (Lipinski definition) is 0. The van der Waals surface area contributed by atoms with E-state index in [1.165, 1.54) is 0 Å². The van der Waals surface area contributed by atoms with Crippen LogP contribution in [-0.2, 0) is 24.4 Å².